The smallest absolute Gasteiger partial charge is 0.228 e. The van der Waals surface area contributed by atoms with E-state index in [0.29, 0.717) is 41.7 Å². The molecule has 0 amide bonds. The normalized spacial score (nSPS) is 16.6. The van der Waals surface area contributed by atoms with E-state index in [0.717, 1.165) is 5.56 Å². The first kappa shape index (κ1) is 17.7. The fourth-order valence-corrected chi connectivity index (χ4v) is 3.15. The van der Waals surface area contributed by atoms with Crippen LogP contribution in [0.15, 0.2) is 33.8 Å². The van der Waals surface area contributed by atoms with Crippen molar-refractivity contribution in [3.05, 3.63) is 35.2 Å². The molecule has 0 atom stereocenters. The molecule has 3 N–H and O–H groups in total. The van der Waals surface area contributed by atoms with Crippen LogP contribution in [-0.2, 0) is 6.42 Å². The molecule has 1 aliphatic carbocycles. The van der Waals surface area contributed by atoms with E-state index in [4.69, 9.17) is 21.9 Å². The molecule has 0 unspecified atom stereocenters. The van der Waals surface area contributed by atoms with Gasteiger partial charge in [-0.05, 0) is 37.1 Å². The highest BCUT2D eigenvalue weighted by molar-refractivity contribution is 6.30. The lowest BCUT2D eigenvalue weighted by atomic mass is 10.1. The predicted molar refractivity (Wildman–Crippen MR) is 99.6 cm³/mol. The minimum absolute atomic E-state index is 0.450. The van der Waals surface area contributed by atoms with Crippen molar-refractivity contribution in [1.82, 2.24) is 15.5 Å². The first-order valence-electron chi connectivity index (χ1n) is 8.86. The molecule has 0 saturated heterocycles. The van der Waals surface area contributed by atoms with E-state index in [1.807, 2.05) is 12.1 Å². The van der Waals surface area contributed by atoms with Crippen LogP contribution in [0.5, 0.6) is 0 Å². The Balaban J connectivity index is 1.49. The van der Waals surface area contributed by atoms with Gasteiger partial charge >= 0.3 is 0 Å². The molecule has 1 saturated carbocycles. The summed E-state index contributed by atoms with van der Waals surface area (Å²) in [6, 6.07) is 7.79. The van der Waals surface area contributed by atoms with Crippen LogP contribution >= 0.6 is 11.6 Å². The molecule has 1 aromatic heterocycles. The number of aromatic nitrogens is 2. The maximum Gasteiger partial charge on any atom is 0.228 e. The molecule has 2 aromatic rings. The van der Waals surface area contributed by atoms with Gasteiger partial charge in [0, 0.05) is 23.0 Å². The van der Waals surface area contributed by atoms with Crippen LogP contribution in [0.3, 0.4) is 0 Å². The molecular weight excluding hydrogens is 338 g/mol. The Morgan fingerprint density at radius 3 is 2.64 bits per heavy atom. The van der Waals surface area contributed by atoms with Gasteiger partial charge in [0.25, 0.3) is 0 Å². The number of aliphatic imine (C=N–C) groups is 1. The van der Waals surface area contributed by atoms with Gasteiger partial charge in [-0.25, -0.2) is 0 Å². The lowest BCUT2D eigenvalue weighted by Crippen LogP contribution is -2.40. The Morgan fingerprint density at radius 1 is 1.20 bits per heavy atom. The van der Waals surface area contributed by atoms with Crippen LogP contribution in [-0.4, -0.2) is 28.7 Å². The molecular formula is C18H24ClN5O. The van der Waals surface area contributed by atoms with Crippen LogP contribution in [0, 0.1) is 0 Å². The topological polar surface area (TPSA) is 89.3 Å². The number of nitrogens with one attached hydrogen (secondary N) is 1. The Morgan fingerprint density at radius 2 is 1.92 bits per heavy atom. The molecule has 1 heterocycles. The maximum absolute atomic E-state index is 5.99. The van der Waals surface area contributed by atoms with Crippen LogP contribution in [0.2, 0.25) is 5.02 Å². The lowest BCUT2D eigenvalue weighted by molar-refractivity contribution is 0.380. The predicted octanol–water partition coefficient (Wildman–Crippen LogP) is 3.56. The number of halogens is 1. The SMILES string of the molecule is NC(=NCCc1nc(-c2ccc(Cl)cc2)no1)NC1CCCCCC1. The molecule has 1 fully saturated rings. The molecule has 6 nitrogen and oxygen atoms in total. The van der Waals surface area contributed by atoms with Gasteiger partial charge in [-0.15, -0.1) is 0 Å². The zero-order valence-electron chi connectivity index (χ0n) is 14.2. The molecule has 0 spiro atoms. The lowest BCUT2D eigenvalue weighted by Gasteiger charge is -2.16. The first-order chi connectivity index (χ1) is 12.2. The number of rotatable bonds is 5. The summed E-state index contributed by atoms with van der Waals surface area (Å²) in [7, 11) is 0. The zero-order chi connectivity index (χ0) is 17.5. The number of nitrogens with two attached hydrogens (primary N) is 1. The molecule has 1 aliphatic rings. The third-order valence-corrected chi connectivity index (χ3v) is 4.64. The van der Waals surface area contributed by atoms with Crippen molar-refractivity contribution in [3.63, 3.8) is 0 Å². The summed E-state index contributed by atoms with van der Waals surface area (Å²) >= 11 is 5.88. The van der Waals surface area contributed by atoms with E-state index in [1.165, 1.54) is 38.5 Å². The fourth-order valence-electron chi connectivity index (χ4n) is 3.02. The van der Waals surface area contributed by atoms with Gasteiger partial charge in [0.1, 0.15) is 0 Å². The Hall–Kier alpha value is -2.08. The molecule has 0 aliphatic heterocycles. The summed E-state index contributed by atoms with van der Waals surface area (Å²) < 4.78 is 5.27. The molecule has 0 bridgehead atoms. The molecule has 25 heavy (non-hydrogen) atoms. The van der Waals surface area contributed by atoms with E-state index in [-0.39, 0.29) is 0 Å². The highest BCUT2D eigenvalue weighted by Gasteiger charge is 2.12. The summed E-state index contributed by atoms with van der Waals surface area (Å²) in [4.78, 5) is 8.76. The molecule has 1 aromatic carbocycles. The van der Waals surface area contributed by atoms with Gasteiger partial charge in [-0.3, -0.25) is 4.99 Å². The third-order valence-electron chi connectivity index (χ3n) is 4.39. The summed E-state index contributed by atoms with van der Waals surface area (Å²) in [6.45, 7) is 0.522. The average Bonchev–Trinajstić information content (AvgIpc) is 2.92. The first-order valence-corrected chi connectivity index (χ1v) is 9.23. The zero-order valence-corrected chi connectivity index (χ0v) is 15.0. The minimum Gasteiger partial charge on any atom is -0.370 e. The van der Waals surface area contributed by atoms with Crippen molar-refractivity contribution in [1.29, 1.82) is 0 Å². The minimum atomic E-state index is 0.450. The standard InChI is InChI=1S/C18H24ClN5O/c19-14-9-7-13(8-10-14)17-23-16(25-24-17)11-12-21-18(20)22-15-5-3-1-2-4-6-15/h7-10,15H,1-6,11-12H2,(H3,20,21,22). The number of benzene rings is 1. The highest BCUT2D eigenvalue weighted by Crippen LogP contribution is 2.19. The molecule has 0 radical (unpaired) electrons. The van der Waals surface area contributed by atoms with Crippen molar-refractivity contribution in [3.8, 4) is 11.4 Å². The van der Waals surface area contributed by atoms with Crippen LogP contribution < -0.4 is 11.1 Å². The average molecular weight is 362 g/mol. The van der Waals surface area contributed by atoms with E-state index < -0.39 is 0 Å². The largest absolute Gasteiger partial charge is 0.370 e. The molecule has 7 heteroatoms. The van der Waals surface area contributed by atoms with Crippen molar-refractivity contribution < 1.29 is 4.52 Å². The van der Waals surface area contributed by atoms with Gasteiger partial charge in [-0.2, -0.15) is 4.98 Å². The fraction of sp³-hybridized carbons (Fsp3) is 0.500. The number of hydrogen-bond acceptors (Lipinski definition) is 4. The summed E-state index contributed by atoms with van der Waals surface area (Å²) in [5, 5.41) is 8.00. The molecule has 134 valence electrons. The second-order valence-corrected chi connectivity index (χ2v) is 6.80. The number of hydrogen-bond donors (Lipinski definition) is 2. The Kier molecular flexibility index (Phi) is 6.28. The van der Waals surface area contributed by atoms with Crippen LogP contribution in [0.25, 0.3) is 11.4 Å². The van der Waals surface area contributed by atoms with Crippen LogP contribution in [0.4, 0.5) is 0 Å². The van der Waals surface area contributed by atoms with Crippen molar-refractivity contribution in [2.75, 3.05) is 6.54 Å². The van der Waals surface area contributed by atoms with E-state index in [1.54, 1.807) is 12.1 Å². The maximum atomic E-state index is 5.99. The number of nitrogens with zero attached hydrogens (tertiary/aromatic N) is 3. The monoisotopic (exact) mass is 361 g/mol. The van der Waals surface area contributed by atoms with Gasteiger partial charge < -0.3 is 15.6 Å². The van der Waals surface area contributed by atoms with Crippen LogP contribution in [0.1, 0.15) is 44.4 Å². The van der Waals surface area contributed by atoms with Crippen molar-refractivity contribution in [2.24, 2.45) is 10.7 Å². The second kappa shape index (κ2) is 8.85. The highest BCUT2D eigenvalue weighted by atomic mass is 35.5. The van der Waals surface area contributed by atoms with Gasteiger partial charge in [0.2, 0.25) is 11.7 Å². The van der Waals surface area contributed by atoms with E-state index >= 15 is 0 Å². The summed E-state index contributed by atoms with van der Waals surface area (Å²) in [5.41, 5.74) is 6.86. The van der Waals surface area contributed by atoms with Gasteiger partial charge in [0.05, 0.1) is 6.54 Å². The third kappa shape index (κ3) is 5.46. The second-order valence-electron chi connectivity index (χ2n) is 6.37. The van der Waals surface area contributed by atoms with E-state index in [2.05, 4.69) is 20.4 Å². The molecule has 3 rings (SSSR count). The summed E-state index contributed by atoms with van der Waals surface area (Å²) in [6.07, 6.45) is 8.08. The summed E-state index contributed by atoms with van der Waals surface area (Å²) in [5.74, 6) is 1.61. The van der Waals surface area contributed by atoms with Gasteiger partial charge in [-0.1, -0.05) is 42.4 Å². The number of guanidine groups is 1. The van der Waals surface area contributed by atoms with Crippen molar-refractivity contribution >= 4 is 17.6 Å². The van der Waals surface area contributed by atoms with Gasteiger partial charge in [0.15, 0.2) is 5.96 Å². The Bertz CT molecular complexity index is 690. The quantitative estimate of drug-likeness (QED) is 0.483. The Labute approximate surface area is 152 Å². The van der Waals surface area contributed by atoms with E-state index in [9.17, 15) is 0 Å². The van der Waals surface area contributed by atoms with Crippen molar-refractivity contribution in [2.45, 2.75) is 51.0 Å².